The second kappa shape index (κ2) is 37.2. The monoisotopic (exact) mass is 799 g/mol. The van der Waals surface area contributed by atoms with Gasteiger partial charge in [0.1, 0.15) is 12.7 Å². The van der Waals surface area contributed by atoms with Crippen molar-refractivity contribution in [2.24, 2.45) is 5.92 Å². The third-order valence-electron chi connectivity index (χ3n) is 8.83. The minimum Gasteiger partial charge on any atom is -0.462 e. The van der Waals surface area contributed by atoms with Crippen LogP contribution in [0.25, 0.3) is 0 Å². The molecule has 0 aliphatic rings. The predicted molar refractivity (Wildman–Crippen MR) is 220 cm³/mol. The topological polar surface area (TPSA) is 169 Å². The Morgan fingerprint density at radius 3 is 1.80 bits per heavy atom. The van der Waals surface area contributed by atoms with Gasteiger partial charge in [-0.15, -0.1) is 0 Å². The van der Waals surface area contributed by atoms with Gasteiger partial charge in [0.25, 0.3) is 0 Å². The van der Waals surface area contributed by atoms with Crippen LogP contribution in [0.2, 0.25) is 0 Å². The van der Waals surface area contributed by atoms with E-state index >= 15 is 0 Å². The normalized spacial score (nSPS) is 15.7. The molecule has 0 aliphatic carbocycles. The molecule has 0 saturated carbocycles. The van der Waals surface area contributed by atoms with Gasteiger partial charge < -0.3 is 29.7 Å². The van der Waals surface area contributed by atoms with Gasteiger partial charge in [0.05, 0.1) is 25.9 Å². The fourth-order valence-electron chi connectivity index (χ4n) is 5.23. The summed E-state index contributed by atoms with van der Waals surface area (Å²) < 4.78 is 32.5. The first-order valence-corrected chi connectivity index (χ1v) is 22.2. The van der Waals surface area contributed by atoms with Gasteiger partial charge in [0.15, 0.2) is 6.10 Å². The molecule has 0 aromatic carbocycles. The number of carbonyl (C=O) groups excluding carboxylic acids is 2. The molecule has 0 heterocycles. The lowest BCUT2D eigenvalue weighted by Crippen LogP contribution is -2.30. The average molecular weight is 799 g/mol. The summed E-state index contributed by atoms with van der Waals surface area (Å²) in [7, 11) is -4.66. The van der Waals surface area contributed by atoms with Gasteiger partial charge in [-0.25, -0.2) is 4.57 Å². The summed E-state index contributed by atoms with van der Waals surface area (Å²) in [5.41, 5.74) is 0. The zero-order valence-corrected chi connectivity index (χ0v) is 35.0. The van der Waals surface area contributed by atoms with Gasteiger partial charge in [0.2, 0.25) is 0 Å². The van der Waals surface area contributed by atoms with Crippen molar-refractivity contribution in [1.82, 2.24) is 0 Å². The summed E-state index contributed by atoms with van der Waals surface area (Å²) in [4.78, 5) is 35.0. The second-order valence-corrected chi connectivity index (χ2v) is 15.5. The largest absolute Gasteiger partial charge is 0.472 e. The smallest absolute Gasteiger partial charge is 0.462 e. The summed E-state index contributed by atoms with van der Waals surface area (Å²) in [6, 6.07) is 0. The highest BCUT2D eigenvalue weighted by Crippen LogP contribution is 2.43. The first-order chi connectivity index (χ1) is 26.5. The van der Waals surface area contributed by atoms with E-state index in [2.05, 4.69) is 61.8 Å². The Balaban J connectivity index is 4.54. The Morgan fingerprint density at radius 1 is 0.655 bits per heavy atom. The number of hydrogen-bond acceptors (Lipinski definition) is 10. The van der Waals surface area contributed by atoms with Crippen molar-refractivity contribution in [2.75, 3.05) is 26.4 Å². The third-order valence-corrected chi connectivity index (χ3v) is 9.78. The van der Waals surface area contributed by atoms with Gasteiger partial charge in [-0.2, -0.15) is 0 Å². The van der Waals surface area contributed by atoms with E-state index < -0.39 is 64.5 Å². The van der Waals surface area contributed by atoms with Crippen LogP contribution in [0.5, 0.6) is 0 Å². The van der Waals surface area contributed by atoms with Crippen molar-refractivity contribution < 1.29 is 52.9 Å². The number of allylic oxidation sites excluding steroid dienone is 9. The number of phosphoric ester groups is 1. The molecule has 0 amide bonds. The van der Waals surface area contributed by atoms with E-state index in [-0.39, 0.29) is 12.8 Å². The van der Waals surface area contributed by atoms with E-state index in [4.69, 9.17) is 19.1 Å². The Bertz CT molecular complexity index is 1130. The Morgan fingerprint density at radius 2 is 1.20 bits per heavy atom. The van der Waals surface area contributed by atoms with Crippen LogP contribution < -0.4 is 0 Å². The zero-order valence-electron chi connectivity index (χ0n) is 34.1. The summed E-state index contributed by atoms with van der Waals surface area (Å²) in [5, 5.41) is 28.5. The molecule has 0 spiro atoms. The Labute approximate surface area is 332 Å². The fraction of sp³-hybridized carbons (Fsp3) is 0.721. The van der Waals surface area contributed by atoms with Crippen LogP contribution in [-0.4, -0.2) is 76.9 Å². The van der Waals surface area contributed by atoms with Crippen molar-refractivity contribution >= 4 is 19.8 Å². The fourth-order valence-corrected chi connectivity index (χ4v) is 6.02. The number of ether oxygens (including phenoxy) is 2. The minimum absolute atomic E-state index is 0.00921. The quantitative estimate of drug-likeness (QED) is 0.0155. The number of hydrogen-bond donors (Lipinski definition) is 4. The second-order valence-electron chi connectivity index (χ2n) is 14.1. The van der Waals surface area contributed by atoms with Crippen LogP contribution in [0, 0.1) is 5.92 Å². The van der Waals surface area contributed by atoms with Crippen LogP contribution in [-0.2, 0) is 32.7 Å². The summed E-state index contributed by atoms with van der Waals surface area (Å²) in [6.07, 6.45) is 35.1. The molecule has 12 heteroatoms. The SMILES string of the molecule is CC/C=C\C/C=C\C/C=C\C/C=C\C=C\C(O)CCCC(=O)OC[C@H](COP(=O)(O)OC[C@@H](O)CO)OC(=O)CCCCCCCCCCCCC(C)CC. The van der Waals surface area contributed by atoms with Gasteiger partial charge >= 0.3 is 19.8 Å². The lowest BCUT2D eigenvalue weighted by molar-refractivity contribution is -0.161. The minimum atomic E-state index is -4.66. The molecule has 0 aromatic rings. The lowest BCUT2D eigenvalue weighted by atomic mass is 9.99. The number of phosphoric acid groups is 1. The number of carbonyl (C=O) groups is 2. The van der Waals surface area contributed by atoms with Gasteiger partial charge in [-0.3, -0.25) is 18.6 Å². The Kier molecular flexibility index (Phi) is 35.6. The van der Waals surface area contributed by atoms with E-state index in [0.717, 1.165) is 50.9 Å². The standard InChI is InChI=1S/C43H75O11P/c1-4-6-7-8-9-10-11-12-13-17-20-23-26-30-39(45)31-28-33-42(47)51-36-41(37-53-55(49,50)52-35-40(46)34-44)54-43(48)32-27-24-21-18-15-14-16-19-22-25-29-38(3)5-2/h6-7,9-10,12-13,20,23,26,30,38-41,44-46H,4-5,8,11,14-19,21-22,24-25,27-29,31-37H2,1-3H3,(H,49,50)/b7-6-,10-9-,13-12-,23-20-,30-26+/t38?,39?,40-,41+/m0/s1. The molecule has 0 fully saturated rings. The maximum Gasteiger partial charge on any atom is 0.472 e. The van der Waals surface area contributed by atoms with E-state index in [1.165, 1.54) is 51.4 Å². The van der Waals surface area contributed by atoms with E-state index in [1.807, 2.05) is 12.2 Å². The van der Waals surface area contributed by atoms with Gasteiger partial charge in [0, 0.05) is 12.8 Å². The van der Waals surface area contributed by atoms with Gasteiger partial charge in [-0.1, -0.05) is 152 Å². The molecule has 0 aliphatic heterocycles. The van der Waals surface area contributed by atoms with Crippen molar-refractivity contribution in [3.8, 4) is 0 Å². The molecule has 11 nitrogen and oxygen atoms in total. The van der Waals surface area contributed by atoms with Crippen molar-refractivity contribution in [1.29, 1.82) is 0 Å². The molecule has 0 aromatic heterocycles. The summed E-state index contributed by atoms with van der Waals surface area (Å²) in [6.45, 7) is 4.36. The number of aliphatic hydroxyl groups is 3. The van der Waals surface area contributed by atoms with E-state index in [1.54, 1.807) is 12.2 Å². The van der Waals surface area contributed by atoms with Gasteiger partial charge in [-0.05, 0) is 50.9 Å². The van der Waals surface area contributed by atoms with Crippen molar-refractivity contribution in [3.63, 3.8) is 0 Å². The first kappa shape index (κ1) is 52.6. The van der Waals surface area contributed by atoms with Crippen molar-refractivity contribution in [2.45, 2.75) is 167 Å². The maximum atomic E-state index is 12.6. The maximum absolute atomic E-state index is 12.6. The summed E-state index contributed by atoms with van der Waals surface area (Å²) in [5.74, 6) is -0.309. The molecule has 0 radical (unpaired) electrons. The number of esters is 2. The summed E-state index contributed by atoms with van der Waals surface area (Å²) >= 11 is 0. The van der Waals surface area contributed by atoms with Crippen LogP contribution in [0.15, 0.2) is 60.8 Å². The van der Waals surface area contributed by atoms with Crippen LogP contribution >= 0.6 is 7.82 Å². The van der Waals surface area contributed by atoms with E-state index in [0.29, 0.717) is 19.3 Å². The number of unbranched alkanes of at least 4 members (excludes halogenated alkanes) is 9. The lowest BCUT2D eigenvalue weighted by Gasteiger charge is -2.20. The van der Waals surface area contributed by atoms with E-state index in [9.17, 15) is 29.3 Å². The highest BCUT2D eigenvalue weighted by molar-refractivity contribution is 7.47. The number of rotatable bonds is 37. The molecule has 4 N–H and O–H groups in total. The molecule has 0 rings (SSSR count). The van der Waals surface area contributed by atoms with Crippen LogP contribution in [0.1, 0.15) is 149 Å². The van der Waals surface area contributed by atoms with Crippen LogP contribution in [0.3, 0.4) is 0 Å². The Hall–Kier alpha value is -2.37. The third kappa shape index (κ3) is 37.0. The average Bonchev–Trinajstić information content (AvgIpc) is 3.16. The molecule has 3 unspecified atom stereocenters. The molecular formula is C43H75O11P. The zero-order chi connectivity index (χ0) is 40.8. The molecule has 0 bridgehead atoms. The molecule has 5 atom stereocenters. The first-order valence-electron chi connectivity index (χ1n) is 20.7. The molecular weight excluding hydrogens is 723 g/mol. The highest BCUT2D eigenvalue weighted by atomic mass is 31.2. The number of aliphatic hydroxyl groups excluding tert-OH is 3. The van der Waals surface area contributed by atoms with Crippen LogP contribution in [0.4, 0.5) is 0 Å². The van der Waals surface area contributed by atoms with Crippen molar-refractivity contribution in [3.05, 3.63) is 60.8 Å². The highest BCUT2D eigenvalue weighted by Gasteiger charge is 2.27. The molecule has 0 saturated heterocycles. The predicted octanol–water partition coefficient (Wildman–Crippen LogP) is 9.55. The molecule has 55 heavy (non-hydrogen) atoms. The molecule has 318 valence electrons.